The molecule has 0 spiro atoms. The lowest BCUT2D eigenvalue weighted by molar-refractivity contribution is 0.337. The van der Waals surface area contributed by atoms with Crippen LogP contribution in [-0.2, 0) is 0 Å². The van der Waals surface area contributed by atoms with E-state index in [-0.39, 0.29) is 11.5 Å². The third-order valence-corrected chi connectivity index (χ3v) is 4.89. The topological polar surface area (TPSA) is 58.9 Å². The summed E-state index contributed by atoms with van der Waals surface area (Å²) in [4.78, 5) is 0. The molecule has 0 saturated carbocycles. The number of rotatable bonds is 0. The molecule has 4 nitrogen and oxygen atoms in total. The van der Waals surface area contributed by atoms with Gasteiger partial charge >= 0.3 is 0 Å². The van der Waals surface area contributed by atoms with E-state index in [2.05, 4.69) is 0 Å². The van der Waals surface area contributed by atoms with Crippen LogP contribution >= 0.6 is 11.6 Å². The minimum atomic E-state index is -0.208. The van der Waals surface area contributed by atoms with Crippen molar-refractivity contribution in [3.63, 3.8) is 0 Å². The molecular formula is C17H17ClO4. The molecule has 0 aromatic heterocycles. The summed E-state index contributed by atoms with van der Waals surface area (Å²) in [5.41, 5.74) is 3.75. The van der Waals surface area contributed by atoms with Crippen LogP contribution in [0.5, 0.6) is 34.5 Å². The Labute approximate surface area is 133 Å². The van der Waals surface area contributed by atoms with Gasteiger partial charge < -0.3 is 19.7 Å². The van der Waals surface area contributed by atoms with Gasteiger partial charge in [0.25, 0.3) is 0 Å². The highest BCUT2D eigenvalue weighted by Gasteiger charge is 2.31. The molecule has 0 radical (unpaired) electrons. The Balaban J connectivity index is 2.32. The summed E-state index contributed by atoms with van der Waals surface area (Å²) < 4.78 is 11.9. The van der Waals surface area contributed by atoms with E-state index in [9.17, 15) is 10.2 Å². The number of fused-ring (bicyclic) bond motifs is 2. The second-order valence-corrected chi connectivity index (χ2v) is 6.03. The summed E-state index contributed by atoms with van der Waals surface area (Å²) >= 11 is 6.40. The number of halogens is 1. The van der Waals surface area contributed by atoms with Gasteiger partial charge in [0, 0.05) is 11.1 Å². The van der Waals surface area contributed by atoms with E-state index in [1.807, 2.05) is 20.8 Å². The molecule has 5 heteroatoms. The monoisotopic (exact) mass is 320 g/mol. The highest BCUT2D eigenvalue weighted by atomic mass is 35.5. The van der Waals surface area contributed by atoms with E-state index >= 15 is 0 Å². The quantitative estimate of drug-likeness (QED) is 0.559. The van der Waals surface area contributed by atoms with Gasteiger partial charge in [0.1, 0.15) is 0 Å². The molecule has 0 bridgehead atoms. The Morgan fingerprint density at radius 3 is 1.50 bits per heavy atom. The van der Waals surface area contributed by atoms with Crippen molar-refractivity contribution in [3.8, 4) is 34.5 Å². The Bertz CT molecular complexity index is 689. The second kappa shape index (κ2) is 4.71. The smallest absolute Gasteiger partial charge is 0.189 e. The third-order valence-electron chi connectivity index (χ3n) is 4.43. The van der Waals surface area contributed by atoms with E-state index in [1.165, 1.54) is 0 Å². The van der Waals surface area contributed by atoms with Crippen LogP contribution in [0.2, 0.25) is 5.02 Å². The van der Waals surface area contributed by atoms with E-state index in [1.54, 1.807) is 13.8 Å². The normalized spacial score (nSPS) is 12.3. The molecule has 2 N–H and O–H groups in total. The molecule has 1 heterocycles. The Kier molecular flexibility index (Phi) is 3.18. The van der Waals surface area contributed by atoms with Crippen molar-refractivity contribution in [2.45, 2.75) is 34.6 Å². The van der Waals surface area contributed by atoms with Crippen LogP contribution in [-0.4, -0.2) is 10.2 Å². The summed E-state index contributed by atoms with van der Waals surface area (Å²) in [6.07, 6.45) is 0. The molecule has 1 aliphatic heterocycles. The van der Waals surface area contributed by atoms with Crippen molar-refractivity contribution in [2.24, 2.45) is 0 Å². The van der Waals surface area contributed by atoms with Gasteiger partial charge in [-0.3, -0.25) is 0 Å². The fourth-order valence-electron chi connectivity index (χ4n) is 2.63. The lowest BCUT2D eigenvalue weighted by Crippen LogP contribution is -2.06. The maximum atomic E-state index is 10.0. The minimum absolute atomic E-state index is 0.198. The van der Waals surface area contributed by atoms with Gasteiger partial charge in [0.15, 0.2) is 34.5 Å². The van der Waals surface area contributed by atoms with Gasteiger partial charge in [-0.05, 0) is 51.3 Å². The van der Waals surface area contributed by atoms with Crippen molar-refractivity contribution >= 4 is 11.6 Å². The van der Waals surface area contributed by atoms with E-state index in [0.29, 0.717) is 39.1 Å². The highest BCUT2D eigenvalue weighted by molar-refractivity contribution is 6.33. The molecule has 0 amide bonds. The largest absolute Gasteiger partial charge is 0.504 e. The van der Waals surface area contributed by atoms with Gasteiger partial charge in [-0.2, -0.15) is 0 Å². The van der Waals surface area contributed by atoms with Crippen LogP contribution in [0.15, 0.2) is 0 Å². The first kappa shape index (κ1) is 14.9. The van der Waals surface area contributed by atoms with Crippen LogP contribution in [0, 0.1) is 34.6 Å². The molecule has 0 fully saturated rings. The summed E-state index contributed by atoms with van der Waals surface area (Å²) in [6.45, 7) is 9.16. The van der Waals surface area contributed by atoms with Gasteiger partial charge in [0.05, 0.1) is 5.02 Å². The average molecular weight is 321 g/mol. The zero-order chi connectivity index (χ0) is 16.3. The number of hydrogen-bond donors (Lipinski definition) is 2. The lowest BCUT2D eigenvalue weighted by atomic mass is 10.0. The molecule has 0 saturated heterocycles. The summed E-state index contributed by atoms with van der Waals surface area (Å²) in [5, 5.41) is 20.5. The summed E-state index contributed by atoms with van der Waals surface area (Å²) in [6, 6.07) is 0. The van der Waals surface area contributed by atoms with Crippen molar-refractivity contribution in [1.82, 2.24) is 0 Å². The number of phenols is 2. The first-order valence-electron chi connectivity index (χ1n) is 6.95. The fraction of sp³-hybridized carbons (Fsp3) is 0.294. The number of ether oxygens (including phenoxy) is 2. The predicted molar refractivity (Wildman–Crippen MR) is 85.1 cm³/mol. The number of phenolic OH excluding ortho intramolecular Hbond substituents is 2. The SMILES string of the molecule is Cc1c(C)c(Cl)c2c(c1C)Oc1c(C)c(O)c(O)c(C)c1O2. The first-order valence-corrected chi connectivity index (χ1v) is 7.33. The number of aromatic hydroxyl groups is 2. The molecule has 0 aliphatic carbocycles. The van der Waals surface area contributed by atoms with E-state index in [4.69, 9.17) is 21.1 Å². The summed E-state index contributed by atoms with van der Waals surface area (Å²) in [5.74, 6) is 1.37. The number of hydrogen-bond acceptors (Lipinski definition) is 4. The molecule has 2 aromatic carbocycles. The third kappa shape index (κ3) is 1.77. The molecule has 2 aromatic rings. The van der Waals surface area contributed by atoms with Crippen LogP contribution < -0.4 is 9.47 Å². The minimum Gasteiger partial charge on any atom is -0.504 e. The van der Waals surface area contributed by atoms with Gasteiger partial charge in [-0.15, -0.1) is 0 Å². The van der Waals surface area contributed by atoms with Gasteiger partial charge in [-0.25, -0.2) is 0 Å². The Morgan fingerprint density at radius 1 is 0.591 bits per heavy atom. The second-order valence-electron chi connectivity index (χ2n) is 5.66. The average Bonchev–Trinajstić information content (AvgIpc) is 2.52. The van der Waals surface area contributed by atoms with Crippen molar-refractivity contribution < 1.29 is 19.7 Å². The number of benzene rings is 2. The molecule has 3 rings (SSSR count). The maximum Gasteiger partial charge on any atom is 0.189 e. The molecule has 0 atom stereocenters. The Hall–Kier alpha value is -2.07. The highest BCUT2D eigenvalue weighted by Crippen LogP contribution is 2.57. The van der Waals surface area contributed by atoms with Crippen LogP contribution in [0.3, 0.4) is 0 Å². The van der Waals surface area contributed by atoms with Crippen molar-refractivity contribution in [3.05, 3.63) is 32.8 Å². The molecule has 22 heavy (non-hydrogen) atoms. The van der Waals surface area contributed by atoms with E-state index < -0.39 is 0 Å². The summed E-state index contributed by atoms with van der Waals surface area (Å²) in [7, 11) is 0. The fourth-order valence-corrected chi connectivity index (χ4v) is 2.90. The van der Waals surface area contributed by atoms with Crippen molar-refractivity contribution in [2.75, 3.05) is 0 Å². The van der Waals surface area contributed by atoms with Crippen LogP contribution in [0.25, 0.3) is 0 Å². The lowest BCUT2D eigenvalue weighted by Gasteiger charge is -2.28. The molecule has 0 unspecified atom stereocenters. The van der Waals surface area contributed by atoms with Crippen LogP contribution in [0.1, 0.15) is 27.8 Å². The molecular weight excluding hydrogens is 304 g/mol. The van der Waals surface area contributed by atoms with E-state index in [0.717, 1.165) is 16.7 Å². The van der Waals surface area contributed by atoms with Gasteiger partial charge in [0.2, 0.25) is 0 Å². The molecule has 1 aliphatic rings. The zero-order valence-electron chi connectivity index (χ0n) is 13.1. The molecule has 116 valence electrons. The zero-order valence-corrected chi connectivity index (χ0v) is 13.8. The standard InChI is InChI=1S/C17H17ClO4/c1-6-7(2)11(18)17-14(8(6)3)21-15-9(4)12(19)13(20)10(5)16(15)22-17/h19-20H,1-5H3. The first-order chi connectivity index (χ1) is 10.3. The predicted octanol–water partition coefficient (Wildman–Crippen LogP) is 5.19. The van der Waals surface area contributed by atoms with Crippen LogP contribution in [0.4, 0.5) is 0 Å². The van der Waals surface area contributed by atoms with Gasteiger partial charge in [-0.1, -0.05) is 11.6 Å². The Morgan fingerprint density at radius 2 is 1.00 bits per heavy atom. The van der Waals surface area contributed by atoms with Crippen molar-refractivity contribution in [1.29, 1.82) is 0 Å². The maximum absolute atomic E-state index is 10.0.